The van der Waals surface area contributed by atoms with Crippen LogP contribution in [-0.4, -0.2) is 13.1 Å². The Kier molecular flexibility index (Phi) is 3.39. The summed E-state index contributed by atoms with van der Waals surface area (Å²) < 4.78 is 0. The third-order valence-electron chi connectivity index (χ3n) is 3.16. The number of nitrogens with two attached hydrogens (primary N) is 1. The lowest BCUT2D eigenvalue weighted by atomic mass is 10.0. The Morgan fingerprint density at radius 1 is 1.33 bits per heavy atom. The van der Waals surface area contributed by atoms with E-state index in [1.165, 1.54) is 36.0 Å². The van der Waals surface area contributed by atoms with Crippen molar-refractivity contribution >= 4 is 0 Å². The second kappa shape index (κ2) is 4.77. The molecule has 1 aliphatic rings. The molecule has 0 spiro atoms. The molecule has 15 heavy (non-hydrogen) atoms. The second-order valence-electron chi connectivity index (χ2n) is 4.30. The maximum atomic E-state index is 6.11. The molecule has 1 aromatic rings. The Hall–Kier alpha value is -0.860. The van der Waals surface area contributed by atoms with Crippen LogP contribution < -0.4 is 11.1 Å². The zero-order valence-corrected chi connectivity index (χ0v) is 9.42. The van der Waals surface area contributed by atoms with Crippen molar-refractivity contribution in [1.29, 1.82) is 0 Å². The van der Waals surface area contributed by atoms with Gasteiger partial charge in [0, 0.05) is 12.6 Å². The summed E-state index contributed by atoms with van der Waals surface area (Å²) in [5.41, 5.74) is 10.4. The molecule has 2 heteroatoms. The van der Waals surface area contributed by atoms with Gasteiger partial charge in [-0.3, -0.25) is 0 Å². The molecular formula is C13H20N2. The fourth-order valence-corrected chi connectivity index (χ4v) is 2.24. The maximum Gasteiger partial charge on any atom is 0.0421 e. The van der Waals surface area contributed by atoms with Crippen molar-refractivity contribution in [2.45, 2.75) is 32.2 Å². The first-order chi connectivity index (χ1) is 7.31. The van der Waals surface area contributed by atoms with E-state index in [1.807, 2.05) is 0 Å². The highest BCUT2D eigenvalue weighted by Crippen LogP contribution is 2.24. The molecule has 1 aromatic carbocycles. The van der Waals surface area contributed by atoms with Gasteiger partial charge in [-0.1, -0.05) is 25.1 Å². The van der Waals surface area contributed by atoms with Crippen LogP contribution >= 0.6 is 0 Å². The monoisotopic (exact) mass is 204 g/mol. The standard InChI is InChI=1S/C13H20N2/c1-2-15-9-13(14)12-7-6-10-4-3-5-11(10)8-12/h6-8,13,15H,2-5,9,14H2,1H3. The van der Waals surface area contributed by atoms with Crippen LogP contribution in [0, 0.1) is 0 Å². The molecule has 2 rings (SSSR count). The lowest BCUT2D eigenvalue weighted by Gasteiger charge is -2.13. The molecule has 82 valence electrons. The van der Waals surface area contributed by atoms with E-state index in [-0.39, 0.29) is 6.04 Å². The van der Waals surface area contributed by atoms with E-state index < -0.39 is 0 Å². The van der Waals surface area contributed by atoms with Crippen molar-refractivity contribution in [3.63, 3.8) is 0 Å². The number of rotatable bonds is 4. The van der Waals surface area contributed by atoms with Crippen LogP contribution in [0.4, 0.5) is 0 Å². The highest BCUT2D eigenvalue weighted by atomic mass is 14.9. The van der Waals surface area contributed by atoms with Crippen molar-refractivity contribution < 1.29 is 0 Å². The van der Waals surface area contributed by atoms with Crippen LogP contribution in [0.25, 0.3) is 0 Å². The Morgan fingerprint density at radius 2 is 2.13 bits per heavy atom. The Bertz CT molecular complexity index is 333. The van der Waals surface area contributed by atoms with Crippen molar-refractivity contribution in [1.82, 2.24) is 5.32 Å². The molecule has 0 amide bonds. The normalized spacial score (nSPS) is 16.4. The largest absolute Gasteiger partial charge is 0.323 e. The number of hydrogen-bond donors (Lipinski definition) is 2. The predicted octanol–water partition coefficient (Wildman–Crippen LogP) is 1.78. The van der Waals surface area contributed by atoms with E-state index in [4.69, 9.17) is 5.73 Å². The molecule has 0 saturated carbocycles. The van der Waals surface area contributed by atoms with Gasteiger partial charge in [-0.2, -0.15) is 0 Å². The van der Waals surface area contributed by atoms with Crippen molar-refractivity contribution in [3.8, 4) is 0 Å². The first-order valence-electron chi connectivity index (χ1n) is 5.89. The molecule has 0 bridgehead atoms. The van der Waals surface area contributed by atoms with Gasteiger partial charge in [0.25, 0.3) is 0 Å². The zero-order valence-electron chi connectivity index (χ0n) is 9.42. The van der Waals surface area contributed by atoms with Gasteiger partial charge in [-0.05, 0) is 42.5 Å². The van der Waals surface area contributed by atoms with Crippen LogP contribution in [0.5, 0.6) is 0 Å². The van der Waals surface area contributed by atoms with Gasteiger partial charge in [0.1, 0.15) is 0 Å². The van der Waals surface area contributed by atoms with Crippen molar-refractivity contribution in [3.05, 3.63) is 34.9 Å². The molecule has 1 aliphatic carbocycles. The van der Waals surface area contributed by atoms with Crippen LogP contribution in [0.1, 0.15) is 36.1 Å². The molecule has 0 heterocycles. The highest BCUT2D eigenvalue weighted by molar-refractivity contribution is 5.36. The highest BCUT2D eigenvalue weighted by Gasteiger charge is 2.13. The maximum absolute atomic E-state index is 6.11. The van der Waals surface area contributed by atoms with Gasteiger partial charge in [0.15, 0.2) is 0 Å². The summed E-state index contributed by atoms with van der Waals surface area (Å²) >= 11 is 0. The minimum Gasteiger partial charge on any atom is -0.323 e. The molecule has 1 atom stereocenters. The van der Waals surface area contributed by atoms with Crippen LogP contribution in [-0.2, 0) is 12.8 Å². The van der Waals surface area contributed by atoms with Gasteiger partial charge >= 0.3 is 0 Å². The topological polar surface area (TPSA) is 38.0 Å². The van der Waals surface area contributed by atoms with E-state index in [9.17, 15) is 0 Å². The Morgan fingerprint density at radius 3 is 2.93 bits per heavy atom. The van der Waals surface area contributed by atoms with E-state index in [0.29, 0.717) is 0 Å². The summed E-state index contributed by atoms with van der Waals surface area (Å²) in [6.07, 6.45) is 3.79. The SMILES string of the molecule is CCNCC(N)c1ccc2c(c1)CCC2. The lowest BCUT2D eigenvalue weighted by molar-refractivity contribution is 0.615. The molecule has 0 saturated heterocycles. The average Bonchev–Trinajstić information content (AvgIpc) is 2.72. The molecule has 0 fully saturated rings. The molecule has 0 radical (unpaired) electrons. The van der Waals surface area contributed by atoms with Crippen LogP contribution in [0.3, 0.4) is 0 Å². The Balaban J connectivity index is 2.08. The summed E-state index contributed by atoms with van der Waals surface area (Å²) in [5, 5.41) is 3.29. The summed E-state index contributed by atoms with van der Waals surface area (Å²) in [4.78, 5) is 0. The molecule has 2 nitrogen and oxygen atoms in total. The van der Waals surface area contributed by atoms with Gasteiger partial charge in [0.2, 0.25) is 0 Å². The van der Waals surface area contributed by atoms with Crippen molar-refractivity contribution in [2.75, 3.05) is 13.1 Å². The van der Waals surface area contributed by atoms with E-state index in [1.54, 1.807) is 0 Å². The van der Waals surface area contributed by atoms with Gasteiger partial charge in [0.05, 0.1) is 0 Å². The van der Waals surface area contributed by atoms with Crippen molar-refractivity contribution in [2.24, 2.45) is 5.73 Å². The lowest BCUT2D eigenvalue weighted by Crippen LogP contribution is -2.26. The van der Waals surface area contributed by atoms with E-state index >= 15 is 0 Å². The summed E-state index contributed by atoms with van der Waals surface area (Å²) in [7, 11) is 0. The fourth-order valence-electron chi connectivity index (χ4n) is 2.24. The first kappa shape index (κ1) is 10.7. The molecule has 0 aromatic heterocycles. The summed E-state index contributed by atoms with van der Waals surface area (Å²) in [6.45, 7) is 3.96. The minimum atomic E-state index is 0.135. The minimum absolute atomic E-state index is 0.135. The van der Waals surface area contributed by atoms with Gasteiger partial charge < -0.3 is 11.1 Å². The number of fused-ring (bicyclic) bond motifs is 1. The number of aryl methyl sites for hydroxylation is 2. The van der Waals surface area contributed by atoms with E-state index in [2.05, 4.69) is 30.4 Å². The quantitative estimate of drug-likeness (QED) is 0.784. The first-order valence-corrected chi connectivity index (χ1v) is 5.89. The molecule has 0 aliphatic heterocycles. The number of hydrogen-bond acceptors (Lipinski definition) is 2. The Labute approximate surface area is 91.9 Å². The van der Waals surface area contributed by atoms with Gasteiger partial charge in [-0.15, -0.1) is 0 Å². The fraction of sp³-hybridized carbons (Fsp3) is 0.538. The van der Waals surface area contributed by atoms with Crippen LogP contribution in [0.2, 0.25) is 0 Å². The number of benzene rings is 1. The molecule has 3 N–H and O–H groups in total. The van der Waals surface area contributed by atoms with Gasteiger partial charge in [-0.25, -0.2) is 0 Å². The molecular weight excluding hydrogens is 184 g/mol. The van der Waals surface area contributed by atoms with Crippen LogP contribution in [0.15, 0.2) is 18.2 Å². The third kappa shape index (κ3) is 2.39. The van der Waals surface area contributed by atoms with E-state index in [0.717, 1.165) is 13.1 Å². The third-order valence-corrected chi connectivity index (χ3v) is 3.16. The predicted molar refractivity (Wildman–Crippen MR) is 63.9 cm³/mol. The number of likely N-dealkylation sites (N-methyl/N-ethyl adjacent to an activating group) is 1. The summed E-state index contributed by atoms with van der Waals surface area (Å²) in [5.74, 6) is 0. The molecule has 1 unspecified atom stereocenters. The number of nitrogens with one attached hydrogen (secondary N) is 1. The smallest absolute Gasteiger partial charge is 0.0421 e. The summed E-state index contributed by atoms with van der Waals surface area (Å²) in [6, 6.07) is 6.87. The zero-order chi connectivity index (χ0) is 10.7. The average molecular weight is 204 g/mol. The second-order valence-corrected chi connectivity index (χ2v) is 4.30.